The van der Waals surface area contributed by atoms with Gasteiger partial charge in [0.15, 0.2) is 0 Å². The van der Waals surface area contributed by atoms with Gasteiger partial charge in [-0.15, -0.1) is 0 Å². The van der Waals surface area contributed by atoms with Gasteiger partial charge in [-0.2, -0.15) is 13.5 Å². The van der Waals surface area contributed by atoms with Crippen LogP contribution in [0.3, 0.4) is 0 Å². The van der Waals surface area contributed by atoms with Gasteiger partial charge < -0.3 is 0 Å². The summed E-state index contributed by atoms with van der Waals surface area (Å²) in [6.45, 7) is 0. The molecule has 0 aliphatic carbocycles. The maximum atomic E-state index is 3.00. The first kappa shape index (κ1) is 9.77. The maximum absolute atomic E-state index is 3.00. The van der Waals surface area contributed by atoms with Crippen LogP contribution in [-0.2, 0) is 0 Å². The zero-order chi connectivity index (χ0) is 2.71. The first-order valence-electron chi connectivity index (χ1n) is 0.408. The van der Waals surface area contributed by atoms with E-state index < -0.39 is 0 Å². The number of rotatable bonds is 0. The second kappa shape index (κ2) is 9.13. The summed E-state index contributed by atoms with van der Waals surface area (Å²) in [5.74, 6) is 0. The van der Waals surface area contributed by atoms with Gasteiger partial charge in [-0.1, -0.05) is 0 Å². The van der Waals surface area contributed by atoms with Crippen LogP contribution in [0.4, 0.5) is 0 Å². The fourth-order valence-corrected chi connectivity index (χ4v) is 0. The summed E-state index contributed by atoms with van der Waals surface area (Å²) in [6.07, 6.45) is 0. The van der Waals surface area contributed by atoms with Gasteiger partial charge in [0.2, 0.25) is 0 Å². The minimum absolute atomic E-state index is 0. The SMILES string of the molecule is S.[Se]=[Pb]=[Te]. The molecule has 4 heteroatoms. The molecule has 0 saturated heterocycles. The van der Waals surface area contributed by atoms with E-state index in [9.17, 15) is 0 Å². The van der Waals surface area contributed by atoms with Gasteiger partial charge in [0.1, 0.15) is 0 Å². The molecule has 24 valence electrons. The van der Waals surface area contributed by atoms with Gasteiger partial charge in [-0.05, 0) is 0 Å². The quantitative estimate of drug-likeness (QED) is 0.417. The third-order valence-electron chi connectivity index (χ3n) is 0. The van der Waals surface area contributed by atoms with Gasteiger partial charge in [0, 0.05) is 0 Å². The topological polar surface area (TPSA) is 0 Å². The molecule has 0 aromatic carbocycles. The Bertz CT molecular complexity index is 29.0. The summed E-state index contributed by atoms with van der Waals surface area (Å²) < 4.78 is 0. The molecular formula is H2PbSSeTe. The van der Waals surface area contributed by atoms with Gasteiger partial charge in [0.25, 0.3) is 0 Å². The third kappa shape index (κ3) is 8.82. The summed E-state index contributed by atoms with van der Waals surface area (Å²) in [5, 5.41) is 0. The Labute approximate surface area is 56.9 Å². The second-order valence-corrected chi connectivity index (χ2v) is 25.5. The Morgan fingerprint density at radius 3 is 1.75 bits per heavy atom. The average Bonchev–Trinajstić information content (AvgIpc) is 0.918. The van der Waals surface area contributed by atoms with Crippen molar-refractivity contribution in [3.8, 4) is 0 Å². The Morgan fingerprint density at radius 2 is 1.75 bits per heavy atom. The van der Waals surface area contributed by atoms with E-state index in [-0.39, 0.29) is 29.8 Å². The van der Waals surface area contributed by atoms with E-state index in [0.717, 1.165) is 0 Å². The number of hydrogen-bond donors (Lipinski definition) is 0. The number of hydrogen-bond acceptors (Lipinski definition) is 0. The predicted octanol–water partition coefficient (Wildman–Crippen LogP) is -1.03. The predicted molar refractivity (Wildman–Crippen MR) is 27.6 cm³/mol. The summed E-state index contributed by atoms with van der Waals surface area (Å²) in [4.78, 5) is 0. The standard InChI is InChI=1S/Pb.H2S.Se.Te/h;1H2;;. The van der Waals surface area contributed by atoms with E-state index in [1.165, 1.54) is 0 Å². The summed E-state index contributed by atoms with van der Waals surface area (Å²) in [6, 6.07) is 0. The zero-order valence-corrected chi connectivity index (χ0v) is 10.7. The Kier molecular flexibility index (Phi) is 22.3. The molecule has 0 aliphatic heterocycles. The minimum atomic E-state index is -0.0317. The van der Waals surface area contributed by atoms with Gasteiger partial charge in [-0.3, -0.25) is 0 Å². The fourth-order valence-electron chi connectivity index (χ4n) is 0. The van der Waals surface area contributed by atoms with E-state index >= 15 is 0 Å². The van der Waals surface area contributed by atoms with Crippen molar-refractivity contribution in [2.24, 2.45) is 0 Å². The molecule has 0 aromatic heterocycles. The first-order chi connectivity index (χ1) is 1.41. The van der Waals surface area contributed by atoms with Crippen LogP contribution in [0.1, 0.15) is 0 Å². The van der Waals surface area contributed by atoms with Gasteiger partial charge >= 0.3 is 44.6 Å². The van der Waals surface area contributed by atoms with E-state index in [4.69, 9.17) is 0 Å². The van der Waals surface area contributed by atoms with Crippen LogP contribution in [0.2, 0.25) is 0 Å². The Balaban J connectivity index is 0. The van der Waals surface area contributed by atoms with E-state index in [1.54, 1.807) is 0 Å². The Hall–Kier alpha value is 2.58. The normalized spacial score (nSPS) is 2.00. The second-order valence-electron chi connectivity index (χ2n) is 0.0833. The van der Waals surface area contributed by atoms with Crippen molar-refractivity contribution < 1.29 is 0 Å². The van der Waals surface area contributed by atoms with Gasteiger partial charge in [-0.25, -0.2) is 0 Å². The molecule has 0 bridgehead atoms. The molecule has 0 amide bonds. The van der Waals surface area contributed by atoms with Crippen molar-refractivity contribution in [3.63, 3.8) is 0 Å². The molecule has 0 heterocycles. The summed E-state index contributed by atoms with van der Waals surface area (Å²) >= 11 is 5.18. The summed E-state index contributed by atoms with van der Waals surface area (Å²) in [7, 11) is 0. The van der Waals surface area contributed by atoms with Crippen molar-refractivity contribution >= 4 is 58.1 Å². The van der Waals surface area contributed by atoms with Crippen LogP contribution in [-0.4, -0.2) is 44.6 Å². The van der Waals surface area contributed by atoms with Crippen molar-refractivity contribution in [1.82, 2.24) is 0 Å². The van der Waals surface area contributed by atoms with Crippen LogP contribution < -0.4 is 0 Å². The van der Waals surface area contributed by atoms with Crippen LogP contribution in [0.15, 0.2) is 0 Å². The monoisotopic (exact) mass is 452 g/mol. The van der Waals surface area contributed by atoms with Crippen molar-refractivity contribution in [2.45, 2.75) is 0 Å². The van der Waals surface area contributed by atoms with Crippen LogP contribution in [0.25, 0.3) is 0 Å². The summed E-state index contributed by atoms with van der Waals surface area (Å²) in [5.41, 5.74) is 0. The van der Waals surface area contributed by atoms with Crippen LogP contribution >= 0.6 is 13.5 Å². The molecule has 4 heavy (non-hydrogen) atoms. The molecule has 0 unspecified atom stereocenters. The van der Waals surface area contributed by atoms with Gasteiger partial charge in [0.05, 0.1) is 0 Å². The van der Waals surface area contributed by atoms with E-state index in [1.807, 2.05) is 0 Å². The van der Waals surface area contributed by atoms with Crippen molar-refractivity contribution in [3.05, 3.63) is 0 Å². The fraction of sp³-hybridized carbons (Fsp3) is 0. The third-order valence-corrected chi connectivity index (χ3v) is 0. The molecule has 0 spiro atoms. The Morgan fingerprint density at radius 1 is 1.75 bits per heavy atom. The molecular weight excluding hydrogens is 446 g/mol. The zero-order valence-electron chi connectivity index (χ0n) is 1.82. The van der Waals surface area contributed by atoms with E-state index in [0.29, 0.717) is 0 Å². The molecule has 0 N–H and O–H groups in total. The molecule has 0 nitrogen and oxygen atoms in total. The molecule has 0 radical (unpaired) electrons. The van der Waals surface area contributed by atoms with Crippen molar-refractivity contribution in [1.29, 1.82) is 0 Å². The average molecular weight is 448 g/mol. The van der Waals surface area contributed by atoms with Crippen molar-refractivity contribution in [2.75, 3.05) is 0 Å². The molecule has 0 aliphatic rings. The van der Waals surface area contributed by atoms with Crippen LogP contribution in [0.5, 0.6) is 0 Å². The molecule has 0 rings (SSSR count). The molecule has 0 fully saturated rings. The van der Waals surface area contributed by atoms with Crippen LogP contribution in [0, 0.1) is 0 Å². The first-order valence-corrected chi connectivity index (χ1v) is 21.3. The molecule has 0 saturated carbocycles. The molecule has 0 aromatic rings. The molecule has 0 atom stereocenters. The van der Waals surface area contributed by atoms with E-state index in [2.05, 4.69) is 28.3 Å².